The van der Waals surface area contributed by atoms with Crippen LogP contribution in [0.4, 0.5) is 0 Å². The van der Waals surface area contributed by atoms with Crippen molar-refractivity contribution in [2.24, 2.45) is 0 Å². The molecule has 0 radical (unpaired) electrons. The van der Waals surface area contributed by atoms with Gasteiger partial charge in [0.05, 0.1) is 24.3 Å². The van der Waals surface area contributed by atoms with E-state index < -0.39 is 146 Å². The summed E-state index contributed by atoms with van der Waals surface area (Å²) in [5, 5.41) is 147. The van der Waals surface area contributed by atoms with Crippen molar-refractivity contribution in [2.75, 3.05) is 13.2 Å². The zero-order chi connectivity index (χ0) is 47.0. The first-order chi connectivity index (χ1) is 30.8. The van der Waals surface area contributed by atoms with Crippen LogP contribution in [0.2, 0.25) is 0 Å². The molecule has 0 saturated carbocycles. The lowest BCUT2D eigenvalue weighted by molar-refractivity contribution is -0.318. The van der Waals surface area contributed by atoms with Gasteiger partial charge in [0.25, 0.3) is 0 Å². The van der Waals surface area contributed by atoms with E-state index in [1.165, 1.54) is 37.3 Å². The molecule has 3 saturated heterocycles. The van der Waals surface area contributed by atoms with Crippen LogP contribution in [0, 0.1) is 0 Å². The summed E-state index contributed by atoms with van der Waals surface area (Å²) < 4.78 is 45.7. The Bertz CT molecular complexity index is 2320. The Labute approximate surface area is 366 Å². The number of aromatic hydroxyl groups is 5. The lowest BCUT2D eigenvalue weighted by atomic mass is 9.98. The molecule has 352 valence electrons. The van der Waals surface area contributed by atoms with Gasteiger partial charge in [-0.3, -0.25) is 0 Å². The normalized spacial score (nSPS) is 32.9. The van der Waals surface area contributed by atoms with Gasteiger partial charge >= 0.3 is 17.3 Å². The van der Waals surface area contributed by atoms with E-state index in [9.17, 15) is 76.3 Å². The van der Waals surface area contributed by atoms with Crippen LogP contribution in [0.5, 0.6) is 40.2 Å². The minimum atomic E-state index is -2.02. The standard InChI is InChI=1S/C42H46O23/c1-15-29(48)33(52)36(55)40(60-15)59-14-27-32(51)35(54)38(57)42(65-27)63-25-12-20-23(61-39(25)17-8-21(45)30(49)22(46)9-17)10-19(44)11-24(20)62-41-37(56)34(53)31(50)26(64-41)13-58-28(47)7-4-16-2-5-18(43)6-3-16/h2-12,15,26-27,29,31-38,40-42,48,50-57H,13-14H2,1H3,(H4-,43,44,45,46,47,49)/p+1/t15-,26+,27+,29-,31+,32-,33+,34-,35-,36+,37+,38+,40+,41+,42+/m0/s1. The lowest BCUT2D eigenvalue weighted by Crippen LogP contribution is -2.61. The van der Waals surface area contributed by atoms with Gasteiger partial charge in [0.2, 0.25) is 18.3 Å². The van der Waals surface area contributed by atoms with Gasteiger partial charge < -0.3 is 105 Å². The highest BCUT2D eigenvalue weighted by atomic mass is 16.7. The molecular formula is C42H47O23+. The second-order valence-corrected chi connectivity index (χ2v) is 15.5. The quantitative estimate of drug-likeness (QED) is 0.0329. The van der Waals surface area contributed by atoms with Crippen molar-refractivity contribution >= 4 is 23.0 Å². The van der Waals surface area contributed by atoms with Gasteiger partial charge in [-0.05, 0) is 30.7 Å². The molecule has 4 aromatic rings. The average molecular weight is 920 g/mol. The number of hydrogen-bond acceptors (Lipinski definition) is 22. The SMILES string of the molecule is C[C@@H]1O[C@@H](OC[C@H]2O[C@@H](Oc3cc4c(O[C@@H]5O[C@H](COC(=O)C=Cc6ccc(O)cc6)[C@@H](O)[C@H](O)[C@H]5O)cc(O)cc4[o+]c3-c3cc(O)c(O)c(O)c3)[C@H](O)[C@@H](O)[C@H]2O)[C@H](O)[C@H](O)[C@H]1O. The Hall–Kier alpha value is -5.64. The summed E-state index contributed by atoms with van der Waals surface area (Å²) in [6, 6.07) is 11.0. The monoisotopic (exact) mass is 919 g/mol. The van der Waals surface area contributed by atoms with Crippen molar-refractivity contribution < 1.29 is 114 Å². The third-order valence-corrected chi connectivity index (χ3v) is 10.9. The molecule has 0 bridgehead atoms. The van der Waals surface area contributed by atoms with E-state index in [-0.39, 0.29) is 28.0 Å². The second kappa shape index (κ2) is 19.4. The molecule has 3 aliphatic heterocycles. The number of carbonyl (C=O) groups excluding carboxylic acids is 1. The largest absolute Gasteiger partial charge is 0.508 e. The zero-order valence-corrected chi connectivity index (χ0v) is 33.9. The van der Waals surface area contributed by atoms with E-state index >= 15 is 0 Å². The number of rotatable bonds is 12. The molecule has 15 atom stereocenters. The summed E-state index contributed by atoms with van der Waals surface area (Å²) in [5.41, 5.74) is 0.124. The number of carbonyl (C=O) groups is 1. The van der Waals surface area contributed by atoms with Crippen LogP contribution in [0.1, 0.15) is 12.5 Å². The molecule has 3 fully saturated rings. The molecule has 1 aromatic heterocycles. The van der Waals surface area contributed by atoms with E-state index in [1.54, 1.807) is 0 Å². The summed E-state index contributed by atoms with van der Waals surface area (Å²) in [6.07, 6.45) is -23.3. The van der Waals surface area contributed by atoms with E-state index in [0.29, 0.717) is 5.56 Å². The Balaban J connectivity index is 1.17. The maximum Gasteiger partial charge on any atom is 0.402 e. The summed E-state index contributed by atoms with van der Waals surface area (Å²) in [5.74, 6) is -5.13. The molecule has 14 N–H and O–H groups in total. The maximum absolute atomic E-state index is 12.5. The number of esters is 1. The number of ether oxygens (including phenoxy) is 7. The zero-order valence-electron chi connectivity index (χ0n) is 33.9. The fourth-order valence-electron chi connectivity index (χ4n) is 7.15. The summed E-state index contributed by atoms with van der Waals surface area (Å²) in [6.45, 7) is 0.0944. The van der Waals surface area contributed by atoms with Crippen molar-refractivity contribution in [3.63, 3.8) is 0 Å². The second-order valence-electron chi connectivity index (χ2n) is 15.5. The first-order valence-corrected chi connectivity index (χ1v) is 19.9. The van der Waals surface area contributed by atoms with Crippen molar-refractivity contribution in [3.05, 3.63) is 66.2 Å². The van der Waals surface area contributed by atoms with Crippen LogP contribution in [0.3, 0.4) is 0 Å². The van der Waals surface area contributed by atoms with Crippen molar-refractivity contribution in [1.29, 1.82) is 0 Å². The summed E-state index contributed by atoms with van der Waals surface area (Å²) in [7, 11) is 0. The van der Waals surface area contributed by atoms with Gasteiger partial charge in [-0.2, -0.15) is 0 Å². The Morgan fingerprint density at radius 2 is 1.17 bits per heavy atom. The van der Waals surface area contributed by atoms with Gasteiger partial charge in [0, 0.05) is 30.3 Å². The van der Waals surface area contributed by atoms with Crippen molar-refractivity contribution in [2.45, 2.75) is 99.0 Å². The van der Waals surface area contributed by atoms with E-state index in [4.69, 9.17) is 37.6 Å². The minimum absolute atomic E-state index is 0.0108. The van der Waals surface area contributed by atoms with Crippen LogP contribution < -0.4 is 9.47 Å². The predicted octanol–water partition coefficient (Wildman–Crippen LogP) is -1.62. The molecule has 65 heavy (non-hydrogen) atoms. The van der Waals surface area contributed by atoms with Gasteiger partial charge in [0.1, 0.15) is 96.4 Å². The van der Waals surface area contributed by atoms with Crippen LogP contribution in [-0.2, 0) is 28.5 Å². The topological polar surface area (TPSA) is 376 Å². The number of hydrogen-bond donors (Lipinski definition) is 14. The molecule has 4 heterocycles. The van der Waals surface area contributed by atoms with Gasteiger partial charge in [0.15, 0.2) is 23.5 Å². The lowest BCUT2D eigenvalue weighted by Gasteiger charge is -2.42. The number of aliphatic hydroxyl groups is 9. The third kappa shape index (κ3) is 10.1. The smallest absolute Gasteiger partial charge is 0.402 e. The maximum atomic E-state index is 12.5. The Morgan fingerprint density at radius 1 is 0.615 bits per heavy atom. The molecule has 0 amide bonds. The Kier molecular flexibility index (Phi) is 14.2. The third-order valence-electron chi connectivity index (χ3n) is 10.9. The van der Waals surface area contributed by atoms with Crippen LogP contribution in [0.15, 0.2) is 65.1 Å². The number of phenols is 5. The van der Waals surface area contributed by atoms with E-state index in [0.717, 1.165) is 36.4 Å². The van der Waals surface area contributed by atoms with E-state index in [2.05, 4.69) is 0 Å². The fraction of sp³-hybridized carbons (Fsp3) is 0.429. The van der Waals surface area contributed by atoms with Crippen LogP contribution >= 0.6 is 0 Å². The number of benzene rings is 3. The molecule has 7 rings (SSSR count). The molecular weight excluding hydrogens is 872 g/mol. The molecule has 23 nitrogen and oxygen atoms in total. The predicted molar refractivity (Wildman–Crippen MR) is 214 cm³/mol. The summed E-state index contributed by atoms with van der Waals surface area (Å²) >= 11 is 0. The molecule has 3 aromatic carbocycles. The molecule has 0 aliphatic carbocycles. The first-order valence-electron chi connectivity index (χ1n) is 19.9. The highest BCUT2D eigenvalue weighted by Gasteiger charge is 2.49. The Morgan fingerprint density at radius 3 is 1.78 bits per heavy atom. The highest BCUT2D eigenvalue weighted by Crippen LogP contribution is 2.45. The van der Waals surface area contributed by atoms with Gasteiger partial charge in [-0.1, -0.05) is 12.1 Å². The van der Waals surface area contributed by atoms with Gasteiger partial charge in [-0.25, -0.2) is 9.21 Å². The molecule has 23 heteroatoms. The number of fused-ring (bicyclic) bond motifs is 1. The fourth-order valence-corrected chi connectivity index (χ4v) is 7.15. The molecule has 0 unspecified atom stereocenters. The van der Waals surface area contributed by atoms with E-state index in [1.807, 2.05) is 0 Å². The number of phenolic OH excluding ortho intramolecular Hbond substituents is 5. The minimum Gasteiger partial charge on any atom is -0.508 e. The van der Waals surface area contributed by atoms with Crippen molar-refractivity contribution in [1.82, 2.24) is 0 Å². The average Bonchev–Trinajstić information content (AvgIpc) is 3.27. The number of aliphatic hydroxyl groups excluding tert-OH is 9. The van der Waals surface area contributed by atoms with Crippen molar-refractivity contribution in [3.8, 4) is 51.6 Å². The summed E-state index contributed by atoms with van der Waals surface area (Å²) in [4.78, 5) is 12.5. The highest BCUT2D eigenvalue weighted by molar-refractivity contribution is 5.89. The van der Waals surface area contributed by atoms with Crippen LogP contribution in [0.25, 0.3) is 28.4 Å². The van der Waals surface area contributed by atoms with Gasteiger partial charge in [-0.15, -0.1) is 0 Å². The molecule has 0 spiro atoms. The first kappa shape index (κ1) is 47.3. The molecule has 3 aliphatic rings. The van der Waals surface area contributed by atoms with Crippen LogP contribution in [-0.4, -0.2) is 183 Å².